The number of nitrogens with one attached hydrogen (secondary N) is 1. The van der Waals surface area contributed by atoms with Gasteiger partial charge in [-0.25, -0.2) is 0 Å². The highest BCUT2D eigenvalue weighted by atomic mass is 16.2. The van der Waals surface area contributed by atoms with Gasteiger partial charge in [0.1, 0.15) is 0 Å². The quantitative estimate of drug-likeness (QED) is 0.569. The second-order valence-corrected chi connectivity index (χ2v) is 6.28. The zero-order valence-electron chi connectivity index (χ0n) is 12.6. The Kier molecular flexibility index (Phi) is 5.92. The zero-order chi connectivity index (χ0) is 15.2. The highest BCUT2D eigenvalue weighted by molar-refractivity contribution is 6.12. The molecular formula is C15H24N2O3. The summed E-state index contributed by atoms with van der Waals surface area (Å²) in [6.45, 7) is 7.49. The minimum atomic E-state index is -0.260. The second-order valence-electron chi connectivity index (χ2n) is 6.28. The van der Waals surface area contributed by atoms with Gasteiger partial charge < -0.3 is 5.32 Å². The van der Waals surface area contributed by atoms with E-state index in [2.05, 4.69) is 26.1 Å². The number of carbonyl (C=O) groups is 3. The fraction of sp³-hybridized carbons (Fsp3) is 0.667. The molecule has 1 rings (SSSR count). The van der Waals surface area contributed by atoms with Crippen LogP contribution in [0.5, 0.6) is 0 Å². The molecule has 5 nitrogen and oxygen atoms in total. The summed E-state index contributed by atoms with van der Waals surface area (Å²) in [6, 6.07) is 0. The minimum Gasteiger partial charge on any atom is -0.356 e. The van der Waals surface area contributed by atoms with Crippen LogP contribution in [-0.2, 0) is 14.4 Å². The van der Waals surface area contributed by atoms with Gasteiger partial charge in [0, 0.05) is 31.7 Å². The Bertz CT molecular complexity index is 390. The number of unbranched alkanes of at least 4 members (excludes halogenated alkanes) is 1. The lowest BCUT2D eigenvalue weighted by Gasteiger charge is -2.18. The Morgan fingerprint density at radius 2 is 1.75 bits per heavy atom. The van der Waals surface area contributed by atoms with Gasteiger partial charge in [-0.15, -0.1) is 0 Å². The minimum absolute atomic E-state index is 0.0338. The average molecular weight is 280 g/mol. The van der Waals surface area contributed by atoms with Crippen molar-refractivity contribution >= 4 is 17.7 Å². The first-order valence-corrected chi connectivity index (χ1v) is 7.10. The molecule has 0 aromatic carbocycles. The Balaban J connectivity index is 2.08. The Hall–Kier alpha value is -1.65. The van der Waals surface area contributed by atoms with Gasteiger partial charge in [0.15, 0.2) is 0 Å². The van der Waals surface area contributed by atoms with Crippen LogP contribution in [0.4, 0.5) is 0 Å². The van der Waals surface area contributed by atoms with Gasteiger partial charge in [0.2, 0.25) is 5.91 Å². The van der Waals surface area contributed by atoms with Gasteiger partial charge in [-0.05, 0) is 24.7 Å². The van der Waals surface area contributed by atoms with Crippen LogP contribution in [0.1, 0.15) is 46.5 Å². The first kappa shape index (κ1) is 16.4. The lowest BCUT2D eigenvalue weighted by Crippen LogP contribution is -2.31. The Morgan fingerprint density at radius 3 is 2.30 bits per heavy atom. The number of rotatable bonds is 7. The van der Waals surface area contributed by atoms with Crippen molar-refractivity contribution in [2.24, 2.45) is 5.41 Å². The highest BCUT2D eigenvalue weighted by Crippen LogP contribution is 2.16. The zero-order valence-corrected chi connectivity index (χ0v) is 12.6. The topological polar surface area (TPSA) is 66.5 Å². The number of imide groups is 1. The molecular weight excluding hydrogens is 256 g/mol. The maximum atomic E-state index is 11.6. The van der Waals surface area contributed by atoms with E-state index in [9.17, 15) is 14.4 Å². The molecule has 0 radical (unpaired) electrons. The monoisotopic (exact) mass is 280 g/mol. The summed E-state index contributed by atoms with van der Waals surface area (Å²) in [4.78, 5) is 35.4. The van der Waals surface area contributed by atoms with Crippen molar-refractivity contribution in [3.8, 4) is 0 Å². The summed E-state index contributed by atoms with van der Waals surface area (Å²) >= 11 is 0. The van der Waals surface area contributed by atoms with Gasteiger partial charge in [-0.2, -0.15) is 0 Å². The molecule has 112 valence electrons. The van der Waals surface area contributed by atoms with Gasteiger partial charge >= 0.3 is 0 Å². The first-order chi connectivity index (χ1) is 9.29. The second kappa shape index (κ2) is 7.22. The molecule has 0 aromatic rings. The van der Waals surface area contributed by atoms with Crippen LogP contribution in [0.25, 0.3) is 0 Å². The third kappa shape index (κ3) is 5.99. The number of nitrogens with zero attached hydrogens (tertiary/aromatic N) is 1. The Morgan fingerprint density at radius 1 is 1.15 bits per heavy atom. The summed E-state index contributed by atoms with van der Waals surface area (Å²) < 4.78 is 0. The lowest BCUT2D eigenvalue weighted by atomic mass is 9.92. The van der Waals surface area contributed by atoms with E-state index in [-0.39, 0.29) is 23.1 Å². The van der Waals surface area contributed by atoms with E-state index in [0.717, 1.165) is 6.42 Å². The van der Waals surface area contributed by atoms with Crippen LogP contribution >= 0.6 is 0 Å². The molecule has 0 unspecified atom stereocenters. The molecule has 0 spiro atoms. The maximum Gasteiger partial charge on any atom is 0.253 e. The molecule has 5 heteroatoms. The van der Waals surface area contributed by atoms with Crippen LogP contribution < -0.4 is 5.32 Å². The van der Waals surface area contributed by atoms with Crippen LogP contribution in [0, 0.1) is 5.41 Å². The smallest absolute Gasteiger partial charge is 0.253 e. The predicted molar refractivity (Wildman–Crippen MR) is 76.8 cm³/mol. The van der Waals surface area contributed by atoms with Crippen LogP contribution in [-0.4, -0.2) is 35.7 Å². The summed E-state index contributed by atoms with van der Waals surface area (Å²) in [5.74, 6) is -0.485. The molecule has 1 N–H and O–H groups in total. The summed E-state index contributed by atoms with van der Waals surface area (Å²) in [5, 5.41) is 2.89. The molecule has 0 saturated carbocycles. The lowest BCUT2D eigenvalue weighted by molar-refractivity contribution is -0.136. The number of hydrogen-bond acceptors (Lipinski definition) is 3. The number of carbonyl (C=O) groups excluding carboxylic acids is 3. The van der Waals surface area contributed by atoms with Crippen molar-refractivity contribution in [1.82, 2.24) is 10.2 Å². The fourth-order valence-electron chi connectivity index (χ4n) is 1.87. The highest BCUT2D eigenvalue weighted by Gasteiger charge is 2.22. The SMILES string of the molecule is CC(C)(C)CCNC(=O)CCCCN1C(=O)C=CC1=O. The van der Waals surface area contributed by atoms with Gasteiger partial charge in [0.05, 0.1) is 0 Å². The van der Waals surface area contributed by atoms with E-state index in [1.54, 1.807) is 0 Å². The van der Waals surface area contributed by atoms with Crippen molar-refractivity contribution in [3.63, 3.8) is 0 Å². The third-order valence-electron chi connectivity index (χ3n) is 3.13. The molecule has 0 bridgehead atoms. The van der Waals surface area contributed by atoms with Crippen molar-refractivity contribution in [3.05, 3.63) is 12.2 Å². The van der Waals surface area contributed by atoms with E-state index < -0.39 is 0 Å². The van der Waals surface area contributed by atoms with Crippen molar-refractivity contribution in [1.29, 1.82) is 0 Å². The molecule has 0 fully saturated rings. The molecule has 0 atom stereocenters. The predicted octanol–water partition coefficient (Wildman–Crippen LogP) is 1.63. The molecule has 0 aliphatic carbocycles. The van der Waals surface area contributed by atoms with Gasteiger partial charge in [-0.1, -0.05) is 20.8 Å². The molecule has 0 aromatic heterocycles. The van der Waals surface area contributed by atoms with E-state index in [4.69, 9.17) is 0 Å². The van der Waals surface area contributed by atoms with Crippen molar-refractivity contribution < 1.29 is 14.4 Å². The largest absolute Gasteiger partial charge is 0.356 e. The van der Waals surface area contributed by atoms with Crippen molar-refractivity contribution in [2.75, 3.05) is 13.1 Å². The summed E-state index contributed by atoms with van der Waals surface area (Å²) in [7, 11) is 0. The third-order valence-corrected chi connectivity index (χ3v) is 3.13. The average Bonchev–Trinajstić information content (AvgIpc) is 2.64. The Labute approximate surface area is 120 Å². The molecule has 0 saturated heterocycles. The summed E-state index contributed by atoms with van der Waals surface area (Å²) in [5.41, 5.74) is 0.219. The van der Waals surface area contributed by atoms with Crippen LogP contribution in [0.2, 0.25) is 0 Å². The van der Waals surface area contributed by atoms with Crippen LogP contribution in [0.15, 0.2) is 12.2 Å². The van der Waals surface area contributed by atoms with E-state index in [1.807, 2.05) is 0 Å². The molecule has 20 heavy (non-hydrogen) atoms. The molecule has 1 aliphatic heterocycles. The fourth-order valence-corrected chi connectivity index (χ4v) is 1.87. The molecule has 1 aliphatic rings. The number of hydrogen-bond donors (Lipinski definition) is 1. The van der Waals surface area contributed by atoms with Gasteiger partial charge in [-0.3, -0.25) is 19.3 Å². The van der Waals surface area contributed by atoms with E-state index in [1.165, 1.54) is 17.1 Å². The van der Waals surface area contributed by atoms with E-state index in [0.29, 0.717) is 32.4 Å². The van der Waals surface area contributed by atoms with Crippen LogP contribution in [0.3, 0.4) is 0 Å². The van der Waals surface area contributed by atoms with E-state index >= 15 is 0 Å². The van der Waals surface area contributed by atoms with Gasteiger partial charge in [0.25, 0.3) is 11.8 Å². The number of amides is 3. The molecule has 3 amide bonds. The molecule has 1 heterocycles. The standard InChI is InChI=1S/C15H24N2O3/c1-15(2,3)9-10-16-12(18)6-4-5-11-17-13(19)7-8-14(17)20/h7-8H,4-6,9-11H2,1-3H3,(H,16,18). The maximum absolute atomic E-state index is 11.6. The van der Waals surface area contributed by atoms with Crippen molar-refractivity contribution in [2.45, 2.75) is 46.5 Å². The first-order valence-electron chi connectivity index (χ1n) is 7.10. The normalized spacial score (nSPS) is 15.1. The summed E-state index contributed by atoms with van der Waals surface area (Å²) in [6.07, 6.45) is 5.28.